The highest BCUT2D eigenvalue weighted by Gasteiger charge is 1.90. The molecule has 0 spiro atoms. The van der Waals surface area contributed by atoms with E-state index in [0.29, 0.717) is 0 Å². The molecule has 0 aliphatic heterocycles. The van der Waals surface area contributed by atoms with E-state index in [0.717, 1.165) is 0 Å². The van der Waals surface area contributed by atoms with Gasteiger partial charge in [-0.1, -0.05) is 0 Å². The third kappa shape index (κ3) is 5.54. The summed E-state index contributed by atoms with van der Waals surface area (Å²) < 4.78 is 22.7. The Kier molecular flexibility index (Phi) is 3.33. The van der Waals surface area contributed by atoms with Crippen LogP contribution in [0.15, 0.2) is 0 Å². The van der Waals surface area contributed by atoms with Crippen molar-refractivity contribution in [1.29, 1.82) is 0 Å². The highest BCUT2D eigenvalue weighted by molar-refractivity contribution is 7.74. The molecule has 0 heterocycles. The fourth-order valence-corrected chi connectivity index (χ4v) is 0.319. The lowest BCUT2D eigenvalue weighted by molar-refractivity contribution is -0.119. The molecule has 0 radical (unpaired) electrons. The highest BCUT2D eigenvalue weighted by atomic mass is 32.2. The minimum absolute atomic E-state index is 0.587. The molecule has 0 bridgehead atoms. The summed E-state index contributed by atoms with van der Waals surface area (Å²) >= 11 is -2.64. The van der Waals surface area contributed by atoms with E-state index in [1.165, 1.54) is 0 Å². The smallest absolute Gasteiger partial charge is 0.244 e. The molecule has 0 aromatic rings. The third-order valence-electron chi connectivity index (χ3n) is 0.297. The monoisotopic (exact) mass is 138 g/mol. The maximum absolute atomic E-state index is 9.73. The van der Waals surface area contributed by atoms with Gasteiger partial charge in [-0.15, -0.1) is 0 Å². The Hall–Kier alpha value is -0.460. The van der Waals surface area contributed by atoms with Gasteiger partial charge in [-0.3, -0.25) is 8.98 Å². The van der Waals surface area contributed by atoms with E-state index in [2.05, 4.69) is 9.92 Å². The molecular formula is C2H4NO4S-. The number of hydrogen-bond donors (Lipinski definition) is 1. The fourth-order valence-electron chi connectivity index (χ4n) is 0.106. The fraction of sp³-hybridized carbons (Fsp3) is 0.500. The lowest BCUT2D eigenvalue weighted by Gasteiger charge is -2.00. The van der Waals surface area contributed by atoms with E-state index < -0.39 is 23.9 Å². The predicted molar refractivity (Wildman–Crippen MR) is 24.1 cm³/mol. The lowest BCUT2D eigenvalue weighted by atomic mass is 10.7. The zero-order chi connectivity index (χ0) is 6.57. The number of nitrogens with two attached hydrogens (primary N) is 1. The second-order valence-corrected chi connectivity index (χ2v) is 1.58. The van der Waals surface area contributed by atoms with Gasteiger partial charge in [0.1, 0.15) is 6.61 Å². The zero-order valence-corrected chi connectivity index (χ0v) is 4.64. The number of amides is 1. The van der Waals surface area contributed by atoms with Crippen LogP contribution in [0.3, 0.4) is 0 Å². The van der Waals surface area contributed by atoms with E-state index >= 15 is 0 Å². The molecule has 6 heteroatoms. The van der Waals surface area contributed by atoms with E-state index in [9.17, 15) is 13.6 Å². The van der Waals surface area contributed by atoms with Crippen LogP contribution < -0.4 is 5.73 Å². The van der Waals surface area contributed by atoms with Gasteiger partial charge in [0.2, 0.25) is 5.91 Å². The van der Waals surface area contributed by atoms with Gasteiger partial charge >= 0.3 is 0 Å². The van der Waals surface area contributed by atoms with Crippen molar-refractivity contribution in [3.8, 4) is 0 Å². The molecule has 8 heavy (non-hydrogen) atoms. The molecule has 0 fully saturated rings. The first-order chi connectivity index (χ1) is 3.63. The number of carbonyl (C=O) groups is 1. The molecule has 1 amide bonds. The van der Waals surface area contributed by atoms with E-state index in [1.54, 1.807) is 0 Å². The quantitative estimate of drug-likeness (QED) is 0.469. The Morgan fingerprint density at radius 1 is 1.88 bits per heavy atom. The normalized spacial score (nSPS) is 13.1. The van der Waals surface area contributed by atoms with Crippen LogP contribution in [0.25, 0.3) is 0 Å². The molecule has 1 atom stereocenters. The van der Waals surface area contributed by atoms with Gasteiger partial charge in [0.25, 0.3) is 0 Å². The summed E-state index contributed by atoms with van der Waals surface area (Å²) in [7, 11) is 0. The Bertz CT molecular complexity index is 98.6. The molecule has 0 saturated carbocycles. The van der Waals surface area contributed by atoms with Gasteiger partial charge in [0, 0.05) is 0 Å². The number of primary amides is 1. The van der Waals surface area contributed by atoms with Crippen LogP contribution in [-0.2, 0) is 20.3 Å². The summed E-state index contributed by atoms with van der Waals surface area (Å²) in [5, 5.41) is 0. The van der Waals surface area contributed by atoms with Crippen molar-refractivity contribution in [3.05, 3.63) is 0 Å². The van der Waals surface area contributed by atoms with E-state index in [4.69, 9.17) is 0 Å². The maximum Gasteiger partial charge on any atom is 0.244 e. The van der Waals surface area contributed by atoms with E-state index in [1.807, 2.05) is 0 Å². The highest BCUT2D eigenvalue weighted by Crippen LogP contribution is 1.74. The minimum Gasteiger partial charge on any atom is -0.750 e. The second-order valence-electron chi connectivity index (χ2n) is 0.933. The first-order valence-electron chi connectivity index (χ1n) is 1.64. The van der Waals surface area contributed by atoms with Crippen molar-refractivity contribution >= 4 is 17.3 Å². The third-order valence-corrected chi connectivity index (χ3v) is 0.608. The lowest BCUT2D eigenvalue weighted by Crippen LogP contribution is -2.18. The van der Waals surface area contributed by atoms with Crippen molar-refractivity contribution in [1.82, 2.24) is 0 Å². The average molecular weight is 138 g/mol. The first-order valence-corrected chi connectivity index (χ1v) is 2.64. The van der Waals surface area contributed by atoms with Crippen LogP contribution in [-0.4, -0.2) is 21.3 Å². The van der Waals surface area contributed by atoms with Crippen molar-refractivity contribution in [3.63, 3.8) is 0 Å². The maximum atomic E-state index is 9.73. The number of carbonyl (C=O) groups excluding carboxylic acids is 1. The summed E-state index contributed by atoms with van der Waals surface area (Å²) in [6.45, 7) is -0.587. The summed E-state index contributed by atoms with van der Waals surface area (Å²) in [5.74, 6) is -0.811. The molecular weight excluding hydrogens is 134 g/mol. The largest absolute Gasteiger partial charge is 0.750 e. The number of hydrogen-bond acceptors (Lipinski definition) is 4. The molecule has 0 aromatic carbocycles. The molecule has 2 N–H and O–H groups in total. The van der Waals surface area contributed by atoms with Crippen LogP contribution >= 0.6 is 0 Å². The topological polar surface area (TPSA) is 92.5 Å². The minimum atomic E-state index is -2.64. The van der Waals surface area contributed by atoms with Crippen LogP contribution in [0.2, 0.25) is 0 Å². The molecule has 0 aromatic heterocycles. The SMILES string of the molecule is NC(=O)COS(=O)[O-]. The zero-order valence-electron chi connectivity index (χ0n) is 3.83. The van der Waals surface area contributed by atoms with Crippen molar-refractivity contribution in [2.24, 2.45) is 5.73 Å². The van der Waals surface area contributed by atoms with Crippen LogP contribution in [0.5, 0.6) is 0 Å². The number of rotatable bonds is 3. The van der Waals surface area contributed by atoms with Crippen molar-refractivity contribution in [2.75, 3.05) is 6.61 Å². The molecule has 1 unspecified atom stereocenters. The summed E-state index contributed by atoms with van der Waals surface area (Å²) in [5.41, 5.74) is 4.50. The summed E-state index contributed by atoms with van der Waals surface area (Å²) in [6, 6.07) is 0. The second kappa shape index (κ2) is 3.53. The Morgan fingerprint density at radius 2 is 2.38 bits per heavy atom. The van der Waals surface area contributed by atoms with Gasteiger partial charge in [0.05, 0.1) is 11.4 Å². The van der Waals surface area contributed by atoms with Crippen LogP contribution in [0, 0.1) is 0 Å². The predicted octanol–water partition coefficient (Wildman–Crippen LogP) is -1.72. The molecule has 0 rings (SSSR count). The van der Waals surface area contributed by atoms with Gasteiger partial charge in [-0.2, -0.15) is 0 Å². The van der Waals surface area contributed by atoms with Gasteiger partial charge in [-0.25, -0.2) is 4.21 Å². The first kappa shape index (κ1) is 7.54. The van der Waals surface area contributed by atoms with E-state index in [-0.39, 0.29) is 0 Å². The molecule has 48 valence electrons. The van der Waals surface area contributed by atoms with Crippen LogP contribution in [0.1, 0.15) is 0 Å². The Morgan fingerprint density at radius 3 is 2.50 bits per heavy atom. The summed E-state index contributed by atoms with van der Waals surface area (Å²) in [6.07, 6.45) is 0. The average Bonchev–Trinajstić information content (AvgIpc) is 1.61. The standard InChI is InChI=1S/C2H5NO4S/c3-2(4)1-7-8(5)6/h1H2,(H2,3,4)(H,5,6)/p-1. The van der Waals surface area contributed by atoms with Gasteiger partial charge < -0.3 is 10.3 Å². The molecule has 0 aliphatic carbocycles. The molecule has 0 aliphatic rings. The molecule has 5 nitrogen and oxygen atoms in total. The Labute approximate surface area is 48.3 Å². The molecule has 0 saturated heterocycles. The van der Waals surface area contributed by atoms with Gasteiger partial charge in [-0.05, 0) is 0 Å². The van der Waals surface area contributed by atoms with Crippen molar-refractivity contribution in [2.45, 2.75) is 0 Å². The van der Waals surface area contributed by atoms with Gasteiger partial charge in [0.15, 0.2) is 0 Å². The van der Waals surface area contributed by atoms with Crippen molar-refractivity contribution < 1.29 is 17.7 Å². The summed E-state index contributed by atoms with van der Waals surface area (Å²) in [4.78, 5) is 9.73. The Balaban J connectivity index is 3.18. The van der Waals surface area contributed by atoms with Crippen LogP contribution in [0.4, 0.5) is 0 Å².